The smallest absolute Gasteiger partial charge is 0.273 e. The van der Waals surface area contributed by atoms with Gasteiger partial charge in [-0.15, -0.1) is 0 Å². The standard InChI is InChI=1S/C9H13NO4S2/c1-15-6-2-5-10-16(12,13)9-4-3-8(7-11)14-9/h3-4,7,10H,2,5-6H2,1H3. The van der Waals surface area contributed by atoms with E-state index in [0.717, 1.165) is 12.2 Å². The number of furan rings is 1. The van der Waals surface area contributed by atoms with Crippen LogP contribution in [0.2, 0.25) is 0 Å². The number of hydrogen-bond donors (Lipinski definition) is 1. The Hall–Kier alpha value is -0.790. The van der Waals surface area contributed by atoms with Gasteiger partial charge in [-0.1, -0.05) is 0 Å². The van der Waals surface area contributed by atoms with Crippen LogP contribution < -0.4 is 4.72 Å². The van der Waals surface area contributed by atoms with Crippen molar-refractivity contribution in [3.05, 3.63) is 17.9 Å². The summed E-state index contributed by atoms with van der Waals surface area (Å²) in [6.45, 7) is 0.361. The molecule has 1 N–H and O–H groups in total. The van der Waals surface area contributed by atoms with E-state index in [1.807, 2.05) is 6.26 Å². The van der Waals surface area contributed by atoms with Crippen molar-refractivity contribution in [2.45, 2.75) is 11.5 Å². The van der Waals surface area contributed by atoms with Crippen LogP contribution in [-0.2, 0) is 10.0 Å². The number of sulfonamides is 1. The lowest BCUT2D eigenvalue weighted by Crippen LogP contribution is -2.24. The van der Waals surface area contributed by atoms with Crippen LogP contribution in [0.25, 0.3) is 0 Å². The highest BCUT2D eigenvalue weighted by molar-refractivity contribution is 7.98. The van der Waals surface area contributed by atoms with E-state index in [1.54, 1.807) is 11.8 Å². The minimum Gasteiger partial charge on any atom is -0.440 e. The zero-order chi connectivity index (χ0) is 12.0. The van der Waals surface area contributed by atoms with E-state index in [0.29, 0.717) is 12.8 Å². The summed E-state index contributed by atoms with van der Waals surface area (Å²) in [7, 11) is -3.61. The van der Waals surface area contributed by atoms with Crippen LogP contribution in [-0.4, -0.2) is 33.3 Å². The normalized spacial score (nSPS) is 11.6. The molecule has 0 unspecified atom stereocenters. The van der Waals surface area contributed by atoms with Crippen molar-refractivity contribution in [3.63, 3.8) is 0 Å². The summed E-state index contributed by atoms with van der Waals surface area (Å²) in [4.78, 5) is 10.3. The number of rotatable bonds is 7. The monoisotopic (exact) mass is 263 g/mol. The SMILES string of the molecule is CSCCCNS(=O)(=O)c1ccc(C=O)o1. The van der Waals surface area contributed by atoms with Crippen molar-refractivity contribution in [3.8, 4) is 0 Å². The van der Waals surface area contributed by atoms with E-state index in [9.17, 15) is 13.2 Å². The minimum absolute atomic E-state index is 0.00416. The van der Waals surface area contributed by atoms with Crippen molar-refractivity contribution >= 4 is 28.1 Å². The highest BCUT2D eigenvalue weighted by Crippen LogP contribution is 2.12. The van der Waals surface area contributed by atoms with Gasteiger partial charge >= 0.3 is 0 Å². The lowest BCUT2D eigenvalue weighted by molar-refractivity contribution is 0.109. The van der Waals surface area contributed by atoms with E-state index >= 15 is 0 Å². The first-order valence-corrected chi connectivity index (χ1v) is 7.51. The lowest BCUT2D eigenvalue weighted by Gasteiger charge is -2.02. The number of hydrogen-bond acceptors (Lipinski definition) is 5. The summed E-state index contributed by atoms with van der Waals surface area (Å²) < 4.78 is 30.4. The van der Waals surface area contributed by atoms with E-state index in [1.165, 1.54) is 12.1 Å². The Morgan fingerprint density at radius 2 is 2.25 bits per heavy atom. The molecule has 16 heavy (non-hydrogen) atoms. The maximum atomic E-state index is 11.6. The third-order valence-electron chi connectivity index (χ3n) is 1.80. The molecule has 0 aliphatic carbocycles. The molecular weight excluding hydrogens is 250 g/mol. The Morgan fingerprint density at radius 3 is 2.81 bits per heavy atom. The predicted octanol–water partition coefficient (Wildman–Crippen LogP) is 1.12. The van der Waals surface area contributed by atoms with E-state index in [4.69, 9.17) is 4.42 Å². The molecule has 0 saturated heterocycles. The van der Waals surface area contributed by atoms with Gasteiger partial charge in [0.25, 0.3) is 10.0 Å². The van der Waals surface area contributed by atoms with E-state index in [2.05, 4.69) is 4.72 Å². The van der Waals surface area contributed by atoms with Gasteiger partial charge in [-0.05, 0) is 30.6 Å². The molecule has 90 valence electrons. The van der Waals surface area contributed by atoms with E-state index < -0.39 is 10.0 Å². The van der Waals surface area contributed by atoms with Crippen LogP contribution >= 0.6 is 11.8 Å². The van der Waals surface area contributed by atoms with Crippen molar-refractivity contribution in [2.24, 2.45) is 0 Å². The van der Waals surface area contributed by atoms with Gasteiger partial charge in [0.05, 0.1) is 0 Å². The Morgan fingerprint density at radius 1 is 1.50 bits per heavy atom. The molecule has 7 heteroatoms. The predicted molar refractivity (Wildman–Crippen MR) is 62.3 cm³/mol. The maximum Gasteiger partial charge on any atom is 0.273 e. The second-order valence-electron chi connectivity index (χ2n) is 3.02. The van der Waals surface area contributed by atoms with Crippen molar-refractivity contribution in [2.75, 3.05) is 18.6 Å². The second-order valence-corrected chi connectivity index (χ2v) is 5.70. The van der Waals surface area contributed by atoms with E-state index in [-0.39, 0.29) is 10.9 Å². The first kappa shape index (κ1) is 13.3. The van der Waals surface area contributed by atoms with Crippen molar-refractivity contribution in [1.82, 2.24) is 4.72 Å². The van der Waals surface area contributed by atoms with Gasteiger partial charge in [0.2, 0.25) is 5.09 Å². The van der Waals surface area contributed by atoms with Gasteiger partial charge in [-0.3, -0.25) is 4.79 Å². The number of aldehydes is 1. The van der Waals surface area contributed by atoms with Gasteiger partial charge in [0, 0.05) is 6.54 Å². The largest absolute Gasteiger partial charge is 0.440 e. The van der Waals surface area contributed by atoms with Crippen LogP contribution in [0.15, 0.2) is 21.6 Å². The highest BCUT2D eigenvalue weighted by atomic mass is 32.2. The fourth-order valence-corrected chi connectivity index (χ4v) is 2.48. The molecule has 0 aromatic carbocycles. The summed E-state index contributed by atoms with van der Waals surface area (Å²) in [5, 5.41) is -0.223. The number of carbonyl (C=O) groups is 1. The zero-order valence-corrected chi connectivity index (χ0v) is 10.4. The molecule has 0 bridgehead atoms. The summed E-state index contributed by atoms with van der Waals surface area (Å²) in [5.74, 6) is 0.893. The maximum absolute atomic E-state index is 11.6. The molecule has 0 saturated carbocycles. The van der Waals surface area contributed by atoms with Crippen LogP contribution in [0.1, 0.15) is 17.0 Å². The van der Waals surface area contributed by atoms with Crippen LogP contribution in [0.4, 0.5) is 0 Å². The molecule has 1 rings (SSSR count). The van der Waals surface area contributed by atoms with Crippen LogP contribution in [0, 0.1) is 0 Å². The minimum atomic E-state index is -3.61. The number of thioether (sulfide) groups is 1. The Balaban J connectivity index is 2.59. The lowest BCUT2D eigenvalue weighted by atomic mass is 10.5. The van der Waals surface area contributed by atoms with Crippen LogP contribution in [0.5, 0.6) is 0 Å². The van der Waals surface area contributed by atoms with Gasteiger partial charge in [0.1, 0.15) is 0 Å². The first-order valence-electron chi connectivity index (χ1n) is 4.64. The Kier molecular flexibility index (Phi) is 5.04. The molecule has 1 heterocycles. The third kappa shape index (κ3) is 3.66. The Bertz CT molecular complexity index is 438. The molecule has 1 aromatic heterocycles. The number of carbonyl (C=O) groups excluding carboxylic acids is 1. The fraction of sp³-hybridized carbons (Fsp3) is 0.444. The molecule has 0 amide bonds. The van der Waals surface area contributed by atoms with Gasteiger partial charge in [-0.25, -0.2) is 13.1 Å². The fourth-order valence-electron chi connectivity index (χ4n) is 1.04. The van der Waals surface area contributed by atoms with Gasteiger partial charge in [-0.2, -0.15) is 11.8 Å². The average molecular weight is 263 g/mol. The summed E-state index contributed by atoms with van der Waals surface area (Å²) in [6.07, 6.45) is 3.17. The highest BCUT2D eigenvalue weighted by Gasteiger charge is 2.17. The molecular formula is C9H13NO4S2. The summed E-state index contributed by atoms with van der Waals surface area (Å²) >= 11 is 1.65. The molecule has 0 atom stereocenters. The van der Waals surface area contributed by atoms with Crippen LogP contribution in [0.3, 0.4) is 0 Å². The molecule has 0 spiro atoms. The van der Waals surface area contributed by atoms with Crippen molar-refractivity contribution < 1.29 is 17.6 Å². The third-order valence-corrected chi connectivity index (χ3v) is 3.83. The molecule has 1 aromatic rings. The van der Waals surface area contributed by atoms with Gasteiger partial charge < -0.3 is 4.42 Å². The van der Waals surface area contributed by atoms with Crippen molar-refractivity contribution in [1.29, 1.82) is 0 Å². The number of nitrogens with one attached hydrogen (secondary N) is 1. The molecule has 0 radical (unpaired) electrons. The molecule has 0 aliphatic rings. The summed E-state index contributed by atoms with van der Waals surface area (Å²) in [6, 6.07) is 2.59. The average Bonchev–Trinajstić information content (AvgIpc) is 2.73. The zero-order valence-electron chi connectivity index (χ0n) is 8.80. The molecule has 0 aliphatic heterocycles. The second kappa shape index (κ2) is 6.07. The molecule has 5 nitrogen and oxygen atoms in total. The Labute approximate surface area is 98.6 Å². The molecule has 0 fully saturated rings. The topological polar surface area (TPSA) is 76.4 Å². The quantitative estimate of drug-likeness (QED) is 0.589. The first-order chi connectivity index (χ1) is 7.60. The summed E-state index contributed by atoms with van der Waals surface area (Å²) in [5.41, 5.74) is 0. The van der Waals surface area contributed by atoms with Gasteiger partial charge in [0.15, 0.2) is 12.0 Å².